The Labute approximate surface area is 154 Å². The summed E-state index contributed by atoms with van der Waals surface area (Å²) in [5.74, 6) is 1.42. The Morgan fingerprint density at radius 3 is 2.46 bits per heavy atom. The highest BCUT2D eigenvalue weighted by atomic mass is 16.5. The van der Waals surface area contributed by atoms with Gasteiger partial charge in [0, 0.05) is 33.7 Å². The summed E-state index contributed by atoms with van der Waals surface area (Å²) in [5, 5.41) is 10.4. The average Bonchev–Trinajstić information content (AvgIpc) is 3.03. The molecule has 0 bridgehead atoms. The maximum atomic E-state index is 10.4. The lowest BCUT2D eigenvalue weighted by atomic mass is 9.69. The molecule has 1 aromatic rings. The number of aliphatic hydroxyl groups is 1. The molecule has 4 rings (SSSR count). The zero-order valence-electron chi connectivity index (χ0n) is 15.8. The summed E-state index contributed by atoms with van der Waals surface area (Å²) in [6.45, 7) is 1.76. The Balaban J connectivity index is 1.95. The molecule has 0 amide bonds. The van der Waals surface area contributed by atoms with Crippen LogP contribution < -0.4 is 9.47 Å². The molecule has 1 fully saturated rings. The fourth-order valence-electron chi connectivity index (χ4n) is 5.01. The van der Waals surface area contributed by atoms with Crippen molar-refractivity contribution in [2.24, 2.45) is 0 Å². The molecule has 0 radical (unpaired) electrons. The van der Waals surface area contributed by atoms with Crippen LogP contribution in [0.4, 0.5) is 0 Å². The molecule has 1 N–H and O–H groups in total. The predicted octanol–water partition coefficient (Wildman–Crippen LogP) is 2.01. The number of ether oxygens (including phenoxy) is 4. The van der Waals surface area contributed by atoms with Crippen molar-refractivity contribution < 1.29 is 24.1 Å². The van der Waals surface area contributed by atoms with Gasteiger partial charge in [-0.2, -0.15) is 0 Å². The van der Waals surface area contributed by atoms with E-state index in [2.05, 4.69) is 11.0 Å². The highest BCUT2D eigenvalue weighted by Crippen LogP contribution is 2.56. The molecule has 1 aromatic carbocycles. The van der Waals surface area contributed by atoms with Gasteiger partial charge in [0.15, 0.2) is 11.5 Å². The Morgan fingerprint density at radius 2 is 1.81 bits per heavy atom. The zero-order valence-corrected chi connectivity index (χ0v) is 15.8. The number of rotatable bonds is 4. The van der Waals surface area contributed by atoms with E-state index in [-0.39, 0.29) is 17.7 Å². The van der Waals surface area contributed by atoms with Crippen LogP contribution in [0.25, 0.3) is 0 Å². The summed E-state index contributed by atoms with van der Waals surface area (Å²) >= 11 is 0. The molecular formula is C20H27NO5. The lowest BCUT2D eigenvalue weighted by Gasteiger charge is -2.50. The Bertz CT molecular complexity index is 733. The summed E-state index contributed by atoms with van der Waals surface area (Å²) in [5.41, 5.74) is 3.29. The minimum atomic E-state index is -0.565. The van der Waals surface area contributed by atoms with E-state index in [0.29, 0.717) is 11.5 Å². The van der Waals surface area contributed by atoms with Crippen molar-refractivity contribution in [1.29, 1.82) is 0 Å². The molecule has 26 heavy (non-hydrogen) atoms. The van der Waals surface area contributed by atoms with E-state index in [4.69, 9.17) is 18.9 Å². The van der Waals surface area contributed by atoms with Gasteiger partial charge < -0.3 is 24.1 Å². The van der Waals surface area contributed by atoms with Gasteiger partial charge in [-0.25, -0.2) is 0 Å². The highest BCUT2D eigenvalue weighted by Gasteiger charge is 2.55. The molecule has 0 aromatic heterocycles. The summed E-state index contributed by atoms with van der Waals surface area (Å²) in [4.78, 5) is 2.47. The molecule has 2 heterocycles. The number of benzene rings is 1. The molecule has 1 aliphatic carbocycles. The third-order valence-corrected chi connectivity index (χ3v) is 6.29. The van der Waals surface area contributed by atoms with Crippen LogP contribution in [0.3, 0.4) is 0 Å². The maximum absolute atomic E-state index is 10.4. The Morgan fingerprint density at radius 1 is 1.08 bits per heavy atom. The summed E-state index contributed by atoms with van der Waals surface area (Å²) in [7, 11) is 6.72. The van der Waals surface area contributed by atoms with Crippen molar-refractivity contribution in [3.8, 4) is 11.5 Å². The lowest BCUT2D eigenvalue weighted by Crippen LogP contribution is -2.54. The van der Waals surface area contributed by atoms with Crippen LogP contribution in [-0.2, 0) is 15.0 Å². The largest absolute Gasteiger partial charge is 0.493 e. The second-order valence-corrected chi connectivity index (χ2v) is 7.24. The van der Waals surface area contributed by atoms with Crippen LogP contribution in [-0.4, -0.2) is 63.7 Å². The molecule has 4 atom stereocenters. The molecular weight excluding hydrogens is 334 g/mol. The normalized spacial score (nSPS) is 33.1. The summed E-state index contributed by atoms with van der Waals surface area (Å²) in [6, 6.07) is 4.12. The first-order valence-corrected chi connectivity index (χ1v) is 9.05. The third kappa shape index (κ3) is 2.33. The van der Waals surface area contributed by atoms with E-state index in [1.807, 2.05) is 12.1 Å². The van der Waals surface area contributed by atoms with Crippen molar-refractivity contribution >= 4 is 0 Å². The average molecular weight is 361 g/mol. The van der Waals surface area contributed by atoms with Crippen LogP contribution in [0.1, 0.15) is 30.1 Å². The minimum Gasteiger partial charge on any atom is -0.493 e. The quantitative estimate of drug-likeness (QED) is 0.828. The van der Waals surface area contributed by atoms with E-state index < -0.39 is 6.10 Å². The van der Waals surface area contributed by atoms with E-state index in [0.717, 1.165) is 31.5 Å². The molecule has 1 saturated heterocycles. The van der Waals surface area contributed by atoms with Gasteiger partial charge in [-0.1, -0.05) is 6.08 Å². The Hall–Kier alpha value is -1.60. The predicted molar refractivity (Wildman–Crippen MR) is 96.7 cm³/mol. The van der Waals surface area contributed by atoms with Gasteiger partial charge in [-0.3, -0.25) is 4.90 Å². The van der Waals surface area contributed by atoms with Crippen molar-refractivity contribution in [2.45, 2.75) is 36.7 Å². The second kappa shape index (κ2) is 6.53. The fraction of sp³-hybridized carbons (Fsp3) is 0.600. The molecule has 142 valence electrons. The minimum absolute atomic E-state index is 0.0253. The van der Waals surface area contributed by atoms with Crippen LogP contribution in [0, 0.1) is 0 Å². The van der Waals surface area contributed by atoms with Crippen molar-refractivity contribution in [2.75, 3.05) is 41.5 Å². The van der Waals surface area contributed by atoms with Crippen LogP contribution in [0.5, 0.6) is 11.5 Å². The van der Waals surface area contributed by atoms with Gasteiger partial charge in [0.25, 0.3) is 0 Å². The number of aliphatic hydroxyl groups excluding tert-OH is 1. The number of fused-ring (bicyclic) bond motifs is 1. The molecule has 3 aliphatic rings. The first-order chi connectivity index (χ1) is 12.6. The number of hydrogen-bond acceptors (Lipinski definition) is 6. The van der Waals surface area contributed by atoms with Crippen LogP contribution in [0.15, 0.2) is 23.8 Å². The molecule has 6 heteroatoms. The SMILES string of the molecule is COc1cc2c(cc1OC)[C@]13C[C@@H](OC)[C@@H](O)C=C1CCN3C[C@H]2OC. The molecule has 0 unspecified atom stereocenters. The second-order valence-electron chi connectivity index (χ2n) is 7.24. The van der Waals surface area contributed by atoms with E-state index >= 15 is 0 Å². The summed E-state index contributed by atoms with van der Waals surface area (Å²) in [6.07, 6.45) is 2.82. The maximum Gasteiger partial charge on any atom is 0.161 e. The highest BCUT2D eigenvalue weighted by molar-refractivity contribution is 5.56. The van der Waals surface area contributed by atoms with Crippen LogP contribution in [0.2, 0.25) is 0 Å². The van der Waals surface area contributed by atoms with E-state index in [9.17, 15) is 5.11 Å². The first-order valence-electron chi connectivity index (χ1n) is 9.05. The molecule has 6 nitrogen and oxygen atoms in total. The monoisotopic (exact) mass is 361 g/mol. The van der Waals surface area contributed by atoms with Gasteiger partial charge in [0.1, 0.15) is 0 Å². The summed E-state index contributed by atoms with van der Waals surface area (Å²) < 4.78 is 22.5. The fourth-order valence-corrected chi connectivity index (χ4v) is 5.01. The third-order valence-electron chi connectivity index (χ3n) is 6.29. The van der Waals surface area contributed by atoms with Gasteiger partial charge in [0.05, 0.1) is 38.1 Å². The van der Waals surface area contributed by atoms with Gasteiger partial charge in [-0.05, 0) is 35.3 Å². The standard InChI is InChI=1S/C20H27NO5/c1-23-16-8-13-14(9-17(16)24-2)20-10-18(25-3)15(22)7-12(20)5-6-21(20)11-19(13)26-4/h7-9,15,18-19,22H,5-6,10-11H2,1-4H3/t15-,18+,19+,20-/m0/s1. The van der Waals surface area contributed by atoms with Gasteiger partial charge >= 0.3 is 0 Å². The molecule has 2 aliphatic heterocycles. The lowest BCUT2D eigenvalue weighted by molar-refractivity contribution is -0.0500. The van der Waals surface area contributed by atoms with E-state index in [1.54, 1.807) is 28.4 Å². The topological polar surface area (TPSA) is 60.4 Å². The van der Waals surface area contributed by atoms with Crippen LogP contribution >= 0.6 is 0 Å². The molecule has 1 spiro atoms. The van der Waals surface area contributed by atoms with Gasteiger partial charge in [0.2, 0.25) is 0 Å². The Kier molecular flexibility index (Phi) is 4.47. The molecule has 0 saturated carbocycles. The zero-order chi connectivity index (χ0) is 18.5. The number of hydrogen-bond donors (Lipinski definition) is 1. The van der Waals surface area contributed by atoms with E-state index in [1.165, 1.54) is 11.1 Å². The van der Waals surface area contributed by atoms with Crippen molar-refractivity contribution in [1.82, 2.24) is 4.90 Å². The smallest absolute Gasteiger partial charge is 0.161 e. The number of nitrogens with zero attached hydrogens (tertiary/aromatic N) is 1. The first kappa shape index (κ1) is 17.8. The number of methoxy groups -OCH3 is 4. The van der Waals surface area contributed by atoms with Gasteiger partial charge in [-0.15, -0.1) is 0 Å². The van der Waals surface area contributed by atoms with Crippen molar-refractivity contribution in [3.63, 3.8) is 0 Å². The van der Waals surface area contributed by atoms with Crippen molar-refractivity contribution in [3.05, 3.63) is 34.9 Å².